The molecule has 3 heteroatoms. The van der Waals surface area contributed by atoms with Crippen LogP contribution in [0, 0.1) is 17.6 Å². The molecule has 0 unspecified atom stereocenters. The maximum absolute atomic E-state index is 13.6. The zero-order chi connectivity index (χ0) is 14.7. The molecule has 0 atom stereocenters. The normalized spacial score (nSPS) is 10.8. The van der Waals surface area contributed by atoms with Gasteiger partial charge in [0.1, 0.15) is 11.6 Å². The van der Waals surface area contributed by atoms with Crippen molar-refractivity contribution in [1.29, 1.82) is 0 Å². The largest absolute Gasteiger partial charge is 0.288 e. The molecular formula is C17H16F2O. The number of carbonyl (C=O) groups is 1. The van der Waals surface area contributed by atoms with Crippen molar-refractivity contribution in [3.63, 3.8) is 0 Å². The molecule has 2 aromatic rings. The third kappa shape index (κ3) is 3.29. The summed E-state index contributed by atoms with van der Waals surface area (Å²) in [6, 6.07) is 10.1. The Bertz CT molecular complexity index is 615. The molecule has 0 aromatic heterocycles. The monoisotopic (exact) mass is 274 g/mol. The van der Waals surface area contributed by atoms with Crippen LogP contribution < -0.4 is 0 Å². The Kier molecular flexibility index (Phi) is 4.28. The van der Waals surface area contributed by atoms with Gasteiger partial charge in [-0.15, -0.1) is 0 Å². The summed E-state index contributed by atoms with van der Waals surface area (Å²) in [7, 11) is 0. The number of ketones is 1. The molecule has 1 nitrogen and oxygen atoms in total. The lowest BCUT2D eigenvalue weighted by molar-refractivity contribution is 0.103. The molecule has 104 valence electrons. The molecule has 0 saturated heterocycles. The fourth-order valence-electron chi connectivity index (χ4n) is 2.09. The van der Waals surface area contributed by atoms with E-state index in [1.807, 2.05) is 12.1 Å². The van der Waals surface area contributed by atoms with Gasteiger partial charge < -0.3 is 0 Å². The highest BCUT2D eigenvalue weighted by molar-refractivity contribution is 6.09. The van der Waals surface area contributed by atoms with Crippen LogP contribution in [0.5, 0.6) is 0 Å². The summed E-state index contributed by atoms with van der Waals surface area (Å²) in [5, 5.41) is 0. The summed E-state index contributed by atoms with van der Waals surface area (Å²) in [5.74, 6) is -1.42. The third-order valence-electron chi connectivity index (χ3n) is 3.04. The molecule has 0 radical (unpaired) electrons. The number of rotatable bonds is 4. The van der Waals surface area contributed by atoms with E-state index in [9.17, 15) is 13.6 Å². The third-order valence-corrected chi connectivity index (χ3v) is 3.04. The lowest BCUT2D eigenvalue weighted by atomic mass is 9.98. The first-order chi connectivity index (χ1) is 9.47. The first kappa shape index (κ1) is 14.4. The van der Waals surface area contributed by atoms with Gasteiger partial charge in [0, 0.05) is 11.6 Å². The molecular weight excluding hydrogens is 258 g/mol. The van der Waals surface area contributed by atoms with Gasteiger partial charge in [-0.25, -0.2) is 8.78 Å². The Hall–Kier alpha value is -2.03. The van der Waals surface area contributed by atoms with Crippen molar-refractivity contribution in [2.24, 2.45) is 5.92 Å². The van der Waals surface area contributed by atoms with Crippen molar-refractivity contribution in [2.75, 3.05) is 0 Å². The second-order valence-corrected chi connectivity index (χ2v) is 5.25. The van der Waals surface area contributed by atoms with Crippen LogP contribution in [0.1, 0.15) is 35.3 Å². The summed E-state index contributed by atoms with van der Waals surface area (Å²) in [5.41, 5.74) is 1.43. The summed E-state index contributed by atoms with van der Waals surface area (Å²) >= 11 is 0. The topological polar surface area (TPSA) is 17.1 Å². The standard InChI is InChI=1S/C17H16F2O/c1-11(2)9-12-3-5-13(6-4-12)17(20)15-8-7-14(18)10-16(15)19/h3-8,10-11H,9H2,1-2H3. The van der Waals surface area contributed by atoms with Crippen molar-refractivity contribution in [3.05, 3.63) is 70.8 Å². The van der Waals surface area contributed by atoms with Crippen LogP contribution in [0.25, 0.3) is 0 Å². The highest BCUT2D eigenvalue weighted by Gasteiger charge is 2.14. The van der Waals surface area contributed by atoms with Crippen molar-refractivity contribution in [1.82, 2.24) is 0 Å². The second kappa shape index (κ2) is 5.95. The SMILES string of the molecule is CC(C)Cc1ccc(C(=O)c2ccc(F)cc2F)cc1. The first-order valence-electron chi connectivity index (χ1n) is 6.56. The van der Waals surface area contributed by atoms with Crippen LogP contribution in [-0.2, 0) is 6.42 Å². The Labute approximate surface area is 117 Å². The number of benzene rings is 2. The average molecular weight is 274 g/mol. The molecule has 0 aliphatic heterocycles. The van der Waals surface area contributed by atoms with Crippen LogP contribution in [0.3, 0.4) is 0 Å². The Morgan fingerprint density at radius 2 is 1.70 bits per heavy atom. The van der Waals surface area contributed by atoms with Gasteiger partial charge in [0.2, 0.25) is 0 Å². The second-order valence-electron chi connectivity index (χ2n) is 5.25. The molecule has 0 aliphatic carbocycles. The lowest BCUT2D eigenvalue weighted by Gasteiger charge is -2.07. The Morgan fingerprint density at radius 3 is 2.25 bits per heavy atom. The maximum atomic E-state index is 13.6. The molecule has 0 amide bonds. The Balaban J connectivity index is 2.25. The Morgan fingerprint density at radius 1 is 1.05 bits per heavy atom. The molecule has 0 spiro atoms. The van der Waals surface area contributed by atoms with E-state index in [0.717, 1.165) is 24.1 Å². The molecule has 0 aliphatic rings. The van der Waals surface area contributed by atoms with Gasteiger partial charge in [0.15, 0.2) is 5.78 Å². The molecule has 0 N–H and O–H groups in total. The van der Waals surface area contributed by atoms with E-state index in [-0.39, 0.29) is 5.56 Å². The van der Waals surface area contributed by atoms with E-state index in [4.69, 9.17) is 0 Å². The zero-order valence-electron chi connectivity index (χ0n) is 11.5. The fraction of sp³-hybridized carbons (Fsp3) is 0.235. The van der Waals surface area contributed by atoms with E-state index < -0.39 is 17.4 Å². The summed E-state index contributed by atoms with van der Waals surface area (Å²) in [4.78, 5) is 12.1. The predicted molar refractivity (Wildman–Crippen MR) is 74.8 cm³/mol. The number of hydrogen-bond acceptors (Lipinski definition) is 1. The molecule has 0 bridgehead atoms. The molecule has 0 saturated carbocycles. The highest BCUT2D eigenvalue weighted by atomic mass is 19.1. The number of halogens is 2. The van der Waals surface area contributed by atoms with Gasteiger partial charge in [-0.2, -0.15) is 0 Å². The van der Waals surface area contributed by atoms with E-state index in [0.29, 0.717) is 11.5 Å². The van der Waals surface area contributed by atoms with E-state index in [1.54, 1.807) is 12.1 Å². The van der Waals surface area contributed by atoms with Crippen molar-refractivity contribution in [2.45, 2.75) is 20.3 Å². The van der Waals surface area contributed by atoms with Crippen molar-refractivity contribution < 1.29 is 13.6 Å². The highest BCUT2D eigenvalue weighted by Crippen LogP contribution is 2.16. The summed E-state index contributed by atoms with van der Waals surface area (Å²) in [6.07, 6.45) is 0.930. The molecule has 0 fully saturated rings. The maximum Gasteiger partial charge on any atom is 0.195 e. The average Bonchev–Trinajstić information content (AvgIpc) is 2.38. The molecule has 0 heterocycles. The van der Waals surface area contributed by atoms with Crippen LogP contribution in [0.2, 0.25) is 0 Å². The minimum atomic E-state index is -0.832. The summed E-state index contributed by atoms with van der Waals surface area (Å²) < 4.78 is 26.4. The quantitative estimate of drug-likeness (QED) is 0.755. The van der Waals surface area contributed by atoms with Gasteiger partial charge in [0.05, 0.1) is 5.56 Å². The lowest BCUT2D eigenvalue weighted by Crippen LogP contribution is -2.05. The molecule has 20 heavy (non-hydrogen) atoms. The zero-order valence-corrected chi connectivity index (χ0v) is 11.5. The van der Waals surface area contributed by atoms with Crippen LogP contribution in [0.4, 0.5) is 8.78 Å². The van der Waals surface area contributed by atoms with Gasteiger partial charge in [0.25, 0.3) is 0 Å². The minimum Gasteiger partial charge on any atom is -0.288 e. The van der Waals surface area contributed by atoms with Gasteiger partial charge >= 0.3 is 0 Å². The smallest absolute Gasteiger partial charge is 0.195 e. The minimum absolute atomic E-state index is 0.108. The van der Waals surface area contributed by atoms with Gasteiger partial charge in [-0.1, -0.05) is 38.1 Å². The number of hydrogen-bond donors (Lipinski definition) is 0. The van der Waals surface area contributed by atoms with Crippen LogP contribution >= 0.6 is 0 Å². The van der Waals surface area contributed by atoms with Crippen molar-refractivity contribution in [3.8, 4) is 0 Å². The van der Waals surface area contributed by atoms with Gasteiger partial charge in [-0.3, -0.25) is 4.79 Å². The van der Waals surface area contributed by atoms with Crippen LogP contribution in [-0.4, -0.2) is 5.78 Å². The van der Waals surface area contributed by atoms with E-state index in [2.05, 4.69) is 13.8 Å². The molecule has 2 aromatic carbocycles. The fourth-order valence-corrected chi connectivity index (χ4v) is 2.09. The molecule has 2 rings (SSSR count). The van der Waals surface area contributed by atoms with Crippen LogP contribution in [0.15, 0.2) is 42.5 Å². The predicted octanol–water partition coefficient (Wildman–Crippen LogP) is 4.39. The summed E-state index contributed by atoms with van der Waals surface area (Å²) in [6.45, 7) is 4.24. The van der Waals surface area contributed by atoms with E-state index in [1.165, 1.54) is 6.07 Å². The first-order valence-corrected chi connectivity index (χ1v) is 6.56. The van der Waals surface area contributed by atoms with Gasteiger partial charge in [-0.05, 0) is 30.0 Å². The number of carbonyl (C=O) groups excluding carboxylic acids is 1. The van der Waals surface area contributed by atoms with E-state index >= 15 is 0 Å². The van der Waals surface area contributed by atoms with Crippen molar-refractivity contribution >= 4 is 5.78 Å².